The quantitative estimate of drug-likeness (QED) is 0.912. The van der Waals surface area contributed by atoms with Crippen LogP contribution in [0, 0.1) is 5.92 Å². The van der Waals surface area contributed by atoms with Gasteiger partial charge in [0, 0.05) is 32.0 Å². The van der Waals surface area contributed by atoms with E-state index >= 15 is 0 Å². The summed E-state index contributed by atoms with van der Waals surface area (Å²) in [7, 11) is 0. The highest BCUT2D eigenvalue weighted by Crippen LogP contribution is 2.32. The monoisotopic (exact) mass is 351 g/mol. The van der Waals surface area contributed by atoms with Crippen molar-refractivity contribution in [2.24, 2.45) is 5.92 Å². The van der Waals surface area contributed by atoms with Crippen molar-refractivity contribution in [3.63, 3.8) is 0 Å². The number of aromatic nitrogens is 2. The van der Waals surface area contributed by atoms with E-state index < -0.39 is 11.7 Å². The zero-order valence-electron chi connectivity index (χ0n) is 13.9. The number of alkyl halides is 3. The summed E-state index contributed by atoms with van der Waals surface area (Å²) >= 11 is 0. The molecule has 1 aromatic carbocycles. The maximum Gasteiger partial charge on any atom is 0.416 e. The molecule has 0 atom stereocenters. The Kier molecular flexibility index (Phi) is 4.83. The third kappa shape index (κ3) is 4.21. The standard InChI is InChI=1S/C18H20F3N3O/c1-12(25)24-7-5-13(6-8-24)9-17-22-11-16(23-17)14-3-2-4-15(10-14)18(19,20)21/h2-4,10-11,13H,5-9H2,1H3,(H,22,23). The molecule has 134 valence electrons. The van der Waals surface area contributed by atoms with Crippen LogP contribution in [-0.2, 0) is 17.4 Å². The highest BCUT2D eigenvalue weighted by Gasteiger charge is 2.30. The summed E-state index contributed by atoms with van der Waals surface area (Å²) in [6.07, 6.45) is -0.206. The number of nitrogens with zero attached hydrogens (tertiary/aromatic N) is 2. The molecule has 1 aliphatic rings. The van der Waals surface area contributed by atoms with E-state index in [-0.39, 0.29) is 5.91 Å². The van der Waals surface area contributed by atoms with Gasteiger partial charge in [-0.1, -0.05) is 12.1 Å². The summed E-state index contributed by atoms with van der Waals surface area (Å²) in [5.41, 5.74) is 0.389. The summed E-state index contributed by atoms with van der Waals surface area (Å²) in [5.74, 6) is 1.30. The van der Waals surface area contributed by atoms with Gasteiger partial charge in [-0.15, -0.1) is 0 Å². The topological polar surface area (TPSA) is 49.0 Å². The Balaban J connectivity index is 1.66. The number of rotatable bonds is 3. The number of carbonyl (C=O) groups is 1. The highest BCUT2D eigenvalue weighted by molar-refractivity contribution is 5.73. The number of benzene rings is 1. The Morgan fingerprint density at radius 3 is 2.68 bits per heavy atom. The predicted molar refractivity (Wildman–Crippen MR) is 87.7 cm³/mol. The van der Waals surface area contributed by atoms with Gasteiger partial charge in [-0.05, 0) is 30.9 Å². The van der Waals surface area contributed by atoms with Gasteiger partial charge in [0.1, 0.15) is 5.82 Å². The smallest absolute Gasteiger partial charge is 0.343 e. The molecule has 1 aromatic heterocycles. The Labute approximate surface area is 144 Å². The van der Waals surface area contributed by atoms with Crippen LogP contribution in [-0.4, -0.2) is 33.9 Å². The first kappa shape index (κ1) is 17.5. The molecule has 0 spiro atoms. The molecule has 2 aromatic rings. The molecule has 4 nitrogen and oxygen atoms in total. The average molecular weight is 351 g/mol. The van der Waals surface area contributed by atoms with Crippen LogP contribution < -0.4 is 0 Å². The zero-order valence-corrected chi connectivity index (χ0v) is 13.9. The molecule has 1 saturated heterocycles. The second-order valence-electron chi connectivity index (χ2n) is 6.48. The molecule has 0 unspecified atom stereocenters. The summed E-state index contributed by atoms with van der Waals surface area (Å²) in [5, 5.41) is 0. The number of likely N-dealkylation sites (tertiary alicyclic amines) is 1. The minimum absolute atomic E-state index is 0.100. The molecular weight excluding hydrogens is 331 g/mol. The van der Waals surface area contributed by atoms with E-state index in [0.29, 0.717) is 17.2 Å². The van der Waals surface area contributed by atoms with Crippen molar-refractivity contribution in [3.05, 3.63) is 41.9 Å². The maximum atomic E-state index is 12.8. The molecule has 2 heterocycles. The van der Waals surface area contributed by atoms with E-state index in [1.165, 1.54) is 6.07 Å². The predicted octanol–water partition coefficient (Wildman–Crippen LogP) is 3.90. The zero-order chi connectivity index (χ0) is 18.0. The molecule has 0 aliphatic carbocycles. The molecule has 1 amide bonds. The molecule has 1 N–H and O–H groups in total. The van der Waals surface area contributed by atoms with Crippen molar-refractivity contribution < 1.29 is 18.0 Å². The van der Waals surface area contributed by atoms with E-state index in [1.807, 2.05) is 4.90 Å². The van der Waals surface area contributed by atoms with Gasteiger partial charge in [0.15, 0.2) is 0 Å². The van der Waals surface area contributed by atoms with Crippen LogP contribution in [0.4, 0.5) is 13.2 Å². The van der Waals surface area contributed by atoms with Gasteiger partial charge in [0.25, 0.3) is 0 Å². The number of imidazole rings is 1. The fourth-order valence-electron chi connectivity index (χ4n) is 3.20. The largest absolute Gasteiger partial charge is 0.416 e. The Morgan fingerprint density at radius 1 is 1.32 bits per heavy atom. The number of piperidine rings is 1. The van der Waals surface area contributed by atoms with E-state index in [2.05, 4.69) is 9.97 Å². The number of H-pyrrole nitrogens is 1. The third-order valence-corrected chi connectivity index (χ3v) is 4.67. The molecule has 1 aliphatic heterocycles. The van der Waals surface area contributed by atoms with Crippen LogP contribution in [0.25, 0.3) is 11.3 Å². The van der Waals surface area contributed by atoms with Crippen LogP contribution in [0.3, 0.4) is 0 Å². The first-order valence-electron chi connectivity index (χ1n) is 8.30. The number of hydrogen-bond acceptors (Lipinski definition) is 2. The molecule has 3 rings (SSSR count). The number of carbonyl (C=O) groups excluding carboxylic acids is 1. The Morgan fingerprint density at radius 2 is 2.04 bits per heavy atom. The SMILES string of the molecule is CC(=O)N1CCC(Cc2ncc(-c3cccc(C(F)(F)F)c3)[nH]2)CC1. The summed E-state index contributed by atoms with van der Waals surface area (Å²) in [6, 6.07) is 5.22. The first-order valence-corrected chi connectivity index (χ1v) is 8.30. The van der Waals surface area contributed by atoms with Gasteiger partial charge >= 0.3 is 6.18 Å². The fraction of sp³-hybridized carbons (Fsp3) is 0.444. The lowest BCUT2D eigenvalue weighted by Crippen LogP contribution is -2.37. The number of halogens is 3. The van der Waals surface area contributed by atoms with Crippen molar-refractivity contribution in [1.82, 2.24) is 14.9 Å². The van der Waals surface area contributed by atoms with Crippen LogP contribution in [0.5, 0.6) is 0 Å². The van der Waals surface area contributed by atoms with Gasteiger partial charge in [-0.3, -0.25) is 4.79 Å². The van der Waals surface area contributed by atoms with E-state index in [0.717, 1.165) is 50.3 Å². The van der Waals surface area contributed by atoms with Crippen LogP contribution >= 0.6 is 0 Å². The lowest BCUT2D eigenvalue weighted by atomic mass is 9.93. The summed E-state index contributed by atoms with van der Waals surface area (Å²) in [4.78, 5) is 20.6. The van der Waals surface area contributed by atoms with Crippen molar-refractivity contribution in [2.75, 3.05) is 13.1 Å². The lowest BCUT2D eigenvalue weighted by molar-refractivity contribution is -0.137. The van der Waals surface area contributed by atoms with Crippen LogP contribution in [0.15, 0.2) is 30.5 Å². The van der Waals surface area contributed by atoms with Gasteiger partial charge in [-0.25, -0.2) is 4.98 Å². The minimum Gasteiger partial charge on any atom is -0.343 e. The highest BCUT2D eigenvalue weighted by atomic mass is 19.4. The summed E-state index contributed by atoms with van der Waals surface area (Å²) in [6.45, 7) is 3.08. The molecule has 7 heteroatoms. The average Bonchev–Trinajstić information content (AvgIpc) is 3.03. The Hall–Kier alpha value is -2.31. The minimum atomic E-state index is -4.36. The molecule has 0 bridgehead atoms. The number of nitrogens with one attached hydrogen (secondary N) is 1. The van der Waals surface area contributed by atoms with Crippen LogP contribution in [0.2, 0.25) is 0 Å². The van der Waals surface area contributed by atoms with Gasteiger partial charge < -0.3 is 9.88 Å². The molecule has 1 fully saturated rings. The van der Waals surface area contributed by atoms with Gasteiger partial charge in [-0.2, -0.15) is 13.2 Å². The second kappa shape index (κ2) is 6.90. The van der Waals surface area contributed by atoms with E-state index in [1.54, 1.807) is 19.2 Å². The van der Waals surface area contributed by atoms with E-state index in [9.17, 15) is 18.0 Å². The van der Waals surface area contributed by atoms with Gasteiger partial charge in [0.05, 0.1) is 17.5 Å². The fourth-order valence-corrected chi connectivity index (χ4v) is 3.20. The van der Waals surface area contributed by atoms with Crippen molar-refractivity contribution in [3.8, 4) is 11.3 Å². The van der Waals surface area contributed by atoms with E-state index in [4.69, 9.17) is 0 Å². The molecule has 0 saturated carbocycles. The second-order valence-corrected chi connectivity index (χ2v) is 6.48. The number of aromatic amines is 1. The number of amides is 1. The van der Waals surface area contributed by atoms with Crippen molar-refractivity contribution >= 4 is 5.91 Å². The lowest BCUT2D eigenvalue weighted by Gasteiger charge is -2.30. The van der Waals surface area contributed by atoms with Gasteiger partial charge in [0.2, 0.25) is 5.91 Å². The molecule has 25 heavy (non-hydrogen) atoms. The van der Waals surface area contributed by atoms with Crippen LogP contribution in [0.1, 0.15) is 31.2 Å². The molecule has 0 radical (unpaired) electrons. The molecular formula is C18H20F3N3O. The first-order chi connectivity index (χ1) is 11.8. The maximum absolute atomic E-state index is 12.8. The van der Waals surface area contributed by atoms with Crippen molar-refractivity contribution in [2.45, 2.75) is 32.4 Å². The third-order valence-electron chi connectivity index (χ3n) is 4.67. The van der Waals surface area contributed by atoms with Crippen molar-refractivity contribution in [1.29, 1.82) is 0 Å². The normalized spacial score (nSPS) is 16.2. The Bertz CT molecular complexity index is 746. The number of hydrogen-bond donors (Lipinski definition) is 1. The summed E-state index contributed by atoms with van der Waals surface area (Å²) < 4.78 is 38.5.